The molecule has 3 rings (SSSR count). The van der Waals surface area contributed by atoms with E-state index in [2.05, 4.69) is 57.1 Å². The smallest absolute Gasteiger partial charge is 0.235 e. The van der Waals surface area contributed by atoms with Crippen LogP contribution in [0.1, 0.15) is 40.9 Å². The van der Waals surface area contributed by atoms with Gasteiger partial charge in [-0.25, -0.2) is 0 Å². The molecule has 1 amide bonds. The first kappa shape index (κ1) is 17.8. The molecule has 0 aliphatic carbocycles. The number of nitrogens with zero attached hydrogens (tertiary/aromatic N) is 3. The van der Waals surface area contributed by atoms with Gasteiger partial charge in [-0.1, -0.05) is 48.5 Å². The third-order valence-corrected chi connectivity index (χ3v) is 4.51. The number of rotatable bonds is 6. The monoisotopic (exact) mass is 349 g/mol. The van der Waals surface area contributed by atoms with Crippen LogP contribution in [0.4, 0.5) is 5.69 Å². The van der Waals surface area contributed by atoms with Gasteiger partial charge in [0.05, 0.1) is 0 Å². The van der Waals surface area contributed by atoms with Gasteiger partial charge < -0.3 is 5.32 Å². The van der Waals surface area contributed by atoms with Gasteiger partial charge in [-0.05, 0) is 55.0 Å². The van der Waals surface area contributed by atoms with Gasteiger partial charge in [-0.3, -0.25) is 4.79 Å². The molecule has 1 heterocycles. The topological polar surface area (TPSA) is 83.6 Å². The van der Waals surface area contributed by atoms with Crippen molar-refractivity contribution >= 4 is 11.6 Å². The highest BCUT2D eigenvalue weighted by Crippen LogP contribution is 2.22. The van der Waals surface area contributed by atoms with Crippen LogP contribution in [0.3, 0.4) is 0 Å². The molecule has 1 atom stereocenters. The van der Waals surface area contributed by atoms with E-state index in [4.69, 9.17) is 0 Å². The summed E-state index contributed by atoms with van der Waals surface area (Å²) in [5, 5.41) is 17.2. The summed E-state index contributed by atoms with van der Waals surface area (Å²) in [6.07, 6.45) is 1.50. The summed E-state index contributed by atoms with van der Waals surface area (Å²) < 4.78 is 0. The predicted molar refractivity (Wildman–Crippen MR) is 101 cm³/mol. The number of hydrogen-bond acceptors (Lipinski definition) is 4. The first-order valence-electron chi connectivity index (χ1n) is 8.76. The van der Waals surface area contributed by atoms with Gasteiger partial charge >= 0.3 is 0 Å². The second-order valence-corrected chi connectivity index (χ2v) is 6.50. The molecule has 0 fully saturated rings. The Kier molecular flexibility index (Phi) is 5.41. The van der Waals surface area contributed by atoms with Gasteiger partial charge in [0.25, 0.3) is 0 Å². The summed E-state index contributed by atoms with van der Waals surface area (Å²) >= 11 is 0. The minimum atomic E-state index is -0.513. The Morgan fingerprint density at radius 2 is 1.85 bits per heavy atom. The third-order valence-electron chi connectivity index (χ3n) is 4.51. The fraction of sp³-hybridized carbons (Fsp3) is 0.300. The number of hydrogen-bond donors (Lipinski definition) is 2. The lowest BCUT2D eigenvalue weighted by Gasteiger charge is -2.16. The molecule has 0 aliphatic heterocycles. The van der Waals surface area contributed by atoms with Crippen LogP contribution in [-0.4, -0.2) is 26.5 Å². The summed E-state index contributed by atoms with van der Waals surface area (Å²) in [7, 11) is 0. The second-order valence-electron chi connectivity index (χ2n) is 6.50. The summed E-state index contributed by atoms with van der Waals surface area (Å²) in [5.41, 5.74) is 5.25. The van der Waals surface area contributed by atoms with Crippen LogP contribution < -0.4 is 5.32 Å². The predicted octanol–water partition coefficient (Wildman–Crippen LogP) is 3.34. The van der Waals surface area contributed by atoms with Gasteiger partial charge in [-0.2, -0.15) is 5.21 Å². The van der Waals surface area contributed by atoms with Crippen LogP contribution in [0.15, 0.2) is 42.5 Å². The fourth-order valence-corrected chi connectivity index (χ4v) is 2.86. The maximum atomic E-state index is 13.0. The highest BCUT2D eigenvalue weighted by molar-refractivity contribution is 5.96. The normalized spacial score (nSPS) is 12.0. The van der Waals surface area contributed by atoms with Gasteiger partial charge in [-0.15, -0.1) is 10.2 Å². The SMILES string of the molecule is CCc1ccc(CC(C(=O)Nc2cc(C)ccc2C)c2nn[nH]n2)cc1. The van der Waals surface area contributed by atoms with Crippen LogP contribution in [-0.2, 0) is 17.6 Å². The number of nitrogens with one attached hydrogen (secondary N) is 2. The zero-order valence-corrected chi connectivity index (χ0v) is 15.3. The maximum Gasteiger partial charge on any atom is 0.235 e. The minimum absolute atomic E-state index is 0.139. The van der Waals surface area contributed by atoms with E-state index < -0.39 is 5.92 Å². The van der Waals surface area contributed by atoms with E-state index in [9.17, 15) is 4.79 Å². The van der Waals surface area contributed by atoms with E-state index in [-0.39, 0.29) is 5.91 Å². The number of aryl methyl sites for hydroxylation is 3. The number of tetrazole rings is 1. The average Bonchev–Trinajstić information content (AvgIpc) is 3.17. The van der Waals surface area contributed by atoms with Crippen molar-refractivity contribution in [3.8, 4) is 0 Å². The van der Waals surface area contributed by atoms with Crippen molar-refractivity contribution in [2.45, 2.75) is 39.5 Å². The van der Waals surface area contributed by atoms with Crippen molar-refractivity contribution in [1.82, 2.24) is 20.6 Å². The Hall–Kier alpha value is -3.02. The zero-order valence-electron chi connectivity index (χ0n) is 15.3. The van der Waals surface area contributed by atoms with E-state index in [0.717, 1.165) is 28.8 Å². The molecule has 0 spiro atoms. The van der Waals surface area contributed by atoms with E-state index in [1.807, 2.05) is 32.0 Å². The summed E-state index contributed by atoms with van der Waals surface area (Å²) in [5.74, 6) is -0.256. The molecule has 1 unspecified atom stereocenters. The van der Waals surface area contributed by atoms with Gasteiger partial charge in [0.1, 0.15) is 5.92 Å². The van der Waals surface area contributed by atoms with Gasteiger partial charge in [0, 0.05) is 5.69 Å². The van der Waals surface area contributed by atoms with Crippen molar-refractivity contribution in [2.24, 2.45) is 0 Å². The molecule has 1 aromatic heterocycles. The number of benzene rings is 2. The van der Waals surface area contributed by atoms with Crippen molar-refractivity contribution in [2.75, 3.05) is 5.32 Å². The lowest BCUT2D eigenvalue weighted by molar-refractivity contribution is -0.117. The number of aromatic amines is 1. The highest BCUT2D eigenvalue weighted by atomic mass is 16.1. The van der Waals surface area contributed by atoms with E-state index >= 15 is 0 Å². The molecular weight excluding hydrogens is 326 g/mol. The van der Waals surface area contributed by atoms with Gasteiger partial charge in [0.2, 0.25) is 5.91 Å². The molecule has 0 radical (unpaired) electrons. The molecule has 2 N–H and O–H groups in total. The van der Waals surface area contributed by atoms with E-state index in [1.165, 1.54) is 5.56 Å². The Morgan fingerprint density at radius 1 is 1.12 bits per heavy atom. The van der Waals surface area contributed by atoms with Crippen LogP contribution in [0.25, 0.3) is 0 Å². The molecule has 6 nitrogen and oxygen atoms in total. The molecule has 6 heteroatoms. The second kappa shape index (κ2) is 7.91. The third kappa shape index (κ3) is 4.14. The van der Waals surface area contributed by atoms with Crippen molar-refractivity contribution in [3.05, 3.63) is 70.5 Å². The number of carbonyl (C=O) groups is 1. The molecule has 26 heavy (non-hydrogen) atoms. The Labute approximate surface area is 153 Å². The maximum absolute atomic E-state index is 13.0. The number of H-pyrrole nitrogens is 1. The zero-order chi connectivity index (χ0) is 18.5. The molecule has 3 aromatic rings. The molecular formula is C20H23N5O. The molecule has 0 bridgehead atoms. The van der Waals surface area contributed by atoms with Crippen LogP contribution >= 0.6 is 0 Å². The van der Waals surface area contributed by atoms with Gasteiger partial charge in [0.15, 0.2) is 5.82 Å². The fourth-order valence-electron chi connectivity index (χ4n) is 2.86. The highest BCUT2D eigenvalue weighted by Gasteiger charge is 2.25. The first-order chi connectivity index (χ1) is 12.6. The minimum Gasteiger partial charge on any atom is -0.325 e. The lowest BCUT2D eigenvalue weighted by atomic mass is 9.96. The van der Waals surface area contributed by atoms with Crippen LogP contribution in [0, 0.1) is 13.8 Å². The number of anilines is 1. The van der Waals surface area contributed by atoms with Crippen LogP contribution in [0.2, 0.25) is 0 Å². The molecule has 0 saturated heterocycles. The molecule has 0 saturated carbocycles. The number of aromatic nitrogens is 4. The average molecular weight is 349 g/mol. The van der Waals surface area contributed by atoms with Crippen molar-refractivity contribution < 1.29 is 4.79 Å². The largest absolute Gasteiger partial charge is 0.325 e. The number of amides is 1. The van der Waals surface area contributed by atoms with Crippen molar-refractivity contribution in [1.29, 1.82) is 0 Å². The first-order valence-corrected chi connectivity index (χ1v) is 8.76. The quantitative estimate of drug-likeness (QED) is 0.715. The summed E-state index contributed by atoms with van der Waals surface area (Å²) in [6.45, 7) is 6.09. The van der Waals surface area contributed by atoms with Crippen LogP contribution in [0.5, 0.6) is 0 Å². The Bertz CT molecular complexity index is 872. The van der Waals surface area contributed by atoms with E-state index in [1.54, 1.807) is 0 Å². The van der Waals surface area contributed by atoms with Crippen molar-refractivity contribution in [3.63, 3.8) is 0 Å². The standard InChI is InChI=1S/C20H23N5O/c1-4-15-7-9-16(10-8-15)12-17(19-22-24-25-23-19)20(26)21-18-11-13(2)5-6-14(18)3/h5-11,17H,4,12H2,1-3H3,(H,21,26)(H,22,23,24,25). The summed E-state index contributed by atoms with van der Waals surface area (Å²) in [6, 6.07) is 14.3. The lowest BCUT2D eigenvalue weighted by Crippen LogP contribution is -2.24. The number of carbonyl (C=O) groups excluding carboxylic acids is 1. The molecule has 2 aromatic carbocycles. The Balaban J connectivity index is 1.83. The molecule has 0 aliphatic rings. The molecule has 134 valence electrons. The van der Waals surface area contributed by atoms with E-state index in [0.29, 0.717) is 12.2 Å². The summed E-state index contributed by atoms with van der Waals surface area (Å²) in [4.78, 5) is 13.0. The Morgan fingerprint density at radius 3 is 2.50 bits per heavy atom.